The smallest absolute Gasteiger partial charge is 0.123 e. The first kappa shape index (κ1) is 24.4. The summed E-state index contributed by atoms with van der Waals surface area (Å²) in [5.74, 6) is -0.657. The molecule has 0 atom stereocenters. The van der Waals surface area contributed by atoms with Gasteiger partial charge in [-0.1, -0.05) is 70.7 Å². The zero-order valence-electron chi connectivity index (χ0n) is 17.2. The van der Waals surface area contributed by atoms with Crippen LogP contribution in [0.1, 0.15) is 11.1 Å². The summed E-state index contributed by atoms with van der Waals surface area (Å²) < 4.78 is 26.1. The lowest BCUT2D eigenvalue weighted by molar-refractivity contribution is 0.627. The lowest BCUT2D eigenvalue weighted by Crippen LogP contribution is -1.86. The van der Waals surface area contributed by atoms with Crippen LogP contribution in [-0.2, 0) is 0 Å². The van der Waals surface area contributed by atoms with Crippen LogP contribution in [0.4, 0.5) is 20.2 Å². The number of hydrogen-bond donors (Lipinski definition) is 0. The van der Waals surface area contributed by atoms with Crippen LogP contribution in [0, 0.1) is 11.6 Å². The van der Waals surface area contributed by atoms with Crippen molar-refractivity contribution in [3.8, 4) is 11.1 Å². The molecule has 8 heteroatoms. The fraction of sp³-hybridized carbons (Fsp3) is 0. The summed E-state index contributed by atoms with van der Waals surface area (Å²) in [6.07, 6.45) is 3.13. The van der Waals surface area contributed by atoms with E-state index >= 15 is 0 Å². The molecule has 0 radical (unpaired) electrons. The van der Waals surface area contributed by atoms with E-state index in [0.717, 1.165) is 0 Å². The molecule has 0 heterocycles. The van der Waals surface area contributed by atoms with E-state index in [2.05, 4.69) is 9.98 Å². The van der Waals surface area contributed by atoms with E-state index in [1.807, 2.05) is 0 Å². The minimum atomic E-state index is -0.328. The van der Waals surface area contributed by atoms with Crippen LogP contribution in [0.5, 0.6) is 0 Å². The zero-order chi connectivity index (χ0) is 24.2. The highest BCUT2D eigenvalue weighted by molar-refractivity contribution is 6.40. The molecule has 0 spiro atoms. The van der Waals surface area contributed by atoms with Gasteiger partial charge in [0.15, 0.2) is 0 Å². The maximum atomic E-state index is 13.1. The van der Waals surface area contributed by atoms with E-state index in [4.69, 9.17) is 46.4 Å². The Morgan fingerprint density at radius 1 is 0.500 bits per heavy atom. The van der Waals surface area contributed by atoms with Crippen LogP contribution < -0.4 is 0 Å². The van der Waals surface area contributed by atoms with Gasteiger partial charge in [0.2, 0.25) is 0 Å². The summed E-state index contributed by atoms with van der Waals surface area (Å²) in [5, 5.41) is 1.44. The molecule has 0 aliphatic heterocycles. The Hall–Kier alpha value is -2.76. The second-order valence-corrected chi connectivity index (χ2v) is 8.82. The van der Waals surface area contributed by atoms with Crippen molar-refractivity contribution in [3.63, 3.8) is 0 Å². The number of hydrogen-bond acceptors (Lipinski definition) is 2. The second kappa shape index (κ2) is 10.7. The molecule has 170 valence electrons. The van der Waals surface area contributed by atoms with Gasteiger partial charge in [-0.25, -0.2) is 8.78 Å². The largest absolute Gasteiger partial charge is 0.255 e. The molecular formula is C26H14Cl4F2N2. The van der Waals surface area contributed by atoms with Crippen molar-refractivity contribution in [2.24, 2.45) is 9.98 Å². The SMILES string of the molecule is Fc1ccc(C=Nc2cc(Cl)c(-c3cc(Cl)c(N=Cc4ccc(F)cc4)cc3Cl)cc2Cl)cc1. The topological polar surface area (TPSA) is 24.7 Å². The molecule has 0 aromatic heterocycles. The summed E-state index contributed by atoms with van der Waals surface area (Å²) in [4.78, 5) is 8.70. The predicted octanol–water partition coefficient (Wildman–Crippen LogP) is 9.75. The number of benzene rings is 4. The zero-order valence-corrected chi connectivity index (χ0v) is 20.3. The first-order valence-electron chi connectivity index (χ1n) is 9.88. The number of aliphatic imine (C=N–C) groups is 2. The Morgan fingerprint density at radius 3 is 1.21 bits per heavy atom. The van der Waals surface area contributed by atoms with Crippen LogP contribution in [0.25, 0.3) is 11.1 Å². The fourth-order valence-corrected chi connectivity index (χ4v) is 4.01. The van der Waals surface area contributed by atoms with Crippen molar-refractivity contribution in [2.75, 3.05) is 0 Å². The molecule has 0 N–H and O–H groups in total. The van der Waals surface area contributed by atoms with Crippen molar-refractivity contribution in [3.05, 3.63) is 116 Å². The molecule has 4 aromatic carbocycles. The minimum Gasteiger partial charge on any atom is -0.255 e. The standard InChI is InChI=1S/C26H14Cl4F2N2/c27-21-11-25(33-13-15-1-5-17(31)6-2-15)23(29)9-19(21)20-10-24(30)26(12-22(20)28)34-14-16-3-7-18(32)8-4-16/h1-14H. The number of rotatable bonds is 5. The van der Waals surface area contributed by atoms with Gasteiger partial charge in [-0.15, -0.1) is 0 Å². The Balaban J connectivity index is 1.62. The quantitative estimate of drug-likeness (QED) is 0.228. The Kier molecular flexibility index (Phi) is 7.64. The van der Waals surface area contributed by atoms with Gasteiger partial charge >= 0.3 is 0 Å². The Morgan fingerprint density at radius 2 is 0.853 bits per heavy atom. The van der Waals surface area contributed by atoms with Gasteiger partial charge in [0.1, 0.15) is 11.6 Å². The van der Waals surface area contributed by atoms with Gasteiger partial charge < -0.3 is 0 Å². The first-order chi connectivity index (χ1) is 16.3. The van der Waals surface area contributed by atoms with Gasteiger partial charge in [0.05, 0.1) is 31.5 Å². The van der Waals surface area contributed by atoms with Gasteiger partial charge in [0, 0.05) is 23.6 Å². The summed E-state index contributed by atoms with van der Waals surface area (Å²) in [7, 11) is 0. The lowest BCUT2D eigenvalue weighted by atomic mass is 10.0. The van der Waals surface area contributed by atoms with Crippen molar-refractivity contribution < 1.29 is 8.78 Å². The number of halogens is 6. The molecule has 4 aromatic rings. The monoisotopic (exact) mass is 532 g/mol. The summed E-state index contributed by atoms with van der Waals surface area (Å²) in [6, 6.07) is 18.3. The molecule has 0 unspecified atom stereocenters. The van der Waals surface area contributed by atoms with E-state index in [1.54, 1.807) is 61.0 Å². The fourth-order valence-electron chi connectivity index (χ4n) is 3.07. The van der Waals surface area contributed by atoms with Crippen molar-refractivity contribution >= 4 is 70.2 Å². The predicted molar refractivity (Wildman–Crippen MR) is 139 cm³/mol. The van der Waals surface area contributed by atoms with Gasteiger partial charge in [-0.05, 0) is 59.7 Å². The Bertz CT molecular complexity index is 1290. The first-order valence-corrected chi connectivity index (χ1v) is 11.4. The molecule has 34 heavy (non-hydrogen) atoms. The highest BCUT2D eigenvalue weighted by Gasteiger charge is 2.14. The van der Waals surface area contributed by atoms with Crippen molar-refractivity contribution in [2.45, 2.75) is 0 Å². The van der Waals surface area contributed by atoms with Crippen LogP contribution in [0.2, 0.25) is 20.1 Å². The van der Waals surface area contributed by atoms with Crippen LogP contribution in [0.15, 0.2) is 82.8 Å². The Labute approximate surface area is 215 Å². The highest BCUT2D eigenvalue weighted by atomic mass is 35.5. The molecule has 0 saturated heterocycles. The molecule has 2 nitrogen and oxygen atoms in total. The van der Waals surface area contributed by atoms with Crippen molar-refractivity contribution in [1.82, 2.24) is 0 Å². The van der Waals surface area contributed by atoms with Crippen LogP contribution in [-0.4, -0.2) is 12.4 Å². The molecule has 4 rings (SSSR count). The summed E-state index contributed by atoms with van der Waals surface area (Å²) >= 11 is 25.9. The molecular weight excluding hydrogens is 520 g/mol. The maximum Gasteiger partial charge on any atom is 0.123 e. The minimum absolute atomic E-state index is 0.328. The lowest BCUT2D eigenvalue weighted by Gasteiger charge is -2.11. The molecule has 0 aliphatic carbocycles. The second-order valence-electron chi connectivity index (χ2n) is 7.19. The van der Waals surface area contributed by atoms with Gasteiger partial charge in [0.25, 0.3) is 0 Å². The average molecular weight is 534 g/mol. The maximum absolute atomic E-state index is 13.1. The summed E-state index contributed by atoms with van der Waals surface area (Å²) in [5.41, 5.74) is 3.47. The van der Waals surface area contributed by atoms with Gasteiger partial charge in [-0.2, -0.15) is 0 Å². The van der Waals surface area contributed by atoms with E-state index in [-0.39, 0.29) is 11.6 Å². The summed E-state index contributed by atoms with van der Waals surface area (Å²) in [6.45, 7) is 0. The average Bonchev–Trinajstić information content (AvgIpc) is 2.82. The van der Waals surface area contributed by atoms with Crippen LogP contribution in [0.3, 0.4) is 0 Å². The number of nitrogens with zero attached hydrogens (tertiary/aromatic N) is 2. The van der Waals surface area contributed by atoms with Crippen LogP contribution >= 0.6 is 46.4 Å². The molecule has 0 saturated carbocycles. The third kappa shape index (κ3) is 5.83. The molecule has 0 amide bonds. The third-order valence-electron chi connectivity index (χ3n) is 4.81. The van der Waals surface area contributed by atoms with E-state index < -0.39 is 0 Å². The van der Waals surface area contributed by atoms with E-state index in [0.29, 0.717) is 53.7 Å². The third-order valence-corrected chi connectivity index (χ3v) is 6.04. The van der Waals surface area contributed by atoms with E-state index in [9.17, 15) is 8.78 Å². The normalized spacial score (nSPS) is 11.6. The highest BCUT2D eigenvalue weighted by Crippen LogP contribution is 2.42. The van der Waals surface area contributed by atoms with Crippen molar-refractivity contribution in [1.29, 1.82) is 0 Å². The molecule has 0 bridgehead atoms. The van der Waals surface area contributed by atoms with Gasteiger partial charge in [-0.3, -0.25) is 9.98 Å². The molecule has 0 fully saturated rings. The molecule has 0 aliphatic rings. The van der Waals surface area contributed by atoms with E-state index in [1.165, 1.54) is 24.3 Å².